The Hall–Kier alpha value is -3.84. The molecule has 0 bridgehead atoms. The number of halogens is 1. The van der Waals surface area contributed by atoms with Crippen LogP contribution < -0.4 is 14.9 Å². The minimum atomic E-state index is -0.977. The molecule has 0 unspecified atom stereocenters. The molecular formula is C23H19ClN2O5. The van der Waals surface area contributed by atoms with Crippen molar-refractivity contribution in [2.45, 2.75) is 6.61 Å². The Bertz CT molecular complexity index is 1070. The molecular weight excluding hydrogens is 420 g/mol. The average Bonchev–Trinajstić information content (AvgIpc) is 2.78. The van der Waals surface area contributed by atoms with Crippen LogP contribution in [0.2, 0.25) is 5.02 Å². The van der Waals surface area contributed by atoms with Gasteiger partial charge in [0, 0.05) is 10.6 Å². The first-order valence-electron chi connectivity index (χ1n) is 9.25. The van der Waals surface area contributed by atoms with E-state index in [9.17, 15) is 9.59 Å². The minimum absolute atomic E-state index is 0.191. The number of carboxylic acid groups (broad SMARTS) is 1. The van der Waals surface area contributed by atoms with Crippen molar-refractivity contribution in [3.63, 3.8) is 0 Å². The molecule has 0 spiro atoms. The summed E-state index contributed by atoms with van der Waals surface area (Å²) in [5.74, 6) is -0.295. The molecule has 0 aliphatic carbocycles. The predicted molar refractivity (Wildman–Crippen MR) is 117 cm³/mol. The van der Waals surface area contributed by atoms with Gasteiger partial charge in [-0.15, -0.1) is 0 Å². The van der Waals surface area contributed by atoms with Crippen molar-refractivity contribution in [2.75, 3.05) is 6.61 Å². The molecule has 2 N–H and O–H groups in total. The Morgan fingerprint density at radius 1 is 0.968 bits per heavy atom. The number of nitrogens with zero attached hydrogens (tertiary/aromatic N) is 1. The zero-order valence-corrected chi connectivity index (χ0v) is 17.1. The van der Waals surface area contributed by atoms with E-state index in [-0.39, 0.29) is 18.8 Å². The molecule has 0 saturated heterocycles. The normalized spacial score (nSPS) is 10.6. The SMILES string of the molecule is O=C(COc1ccc(Cl)cc1)N/N=C\c1ccccc1OCc1ccc(C(=O)O)cc1. The van der Waals surface area contributed by atoms with E-state index in [1.165, 1.54) is 18.3 Å². The molecule has 0 saturated carbocycles. The van der Waals surface area contributed by atoms with Crippen molar-refractivity contribution < 1.29 is 24.2 Å². The number of para-hydroxylation sites is 1. The summed E-state index contributed by atoms with van der Waals surface area (Å²) in [6, 6.07) is 20.3. The van der Waals surface area contributed by atoms with E-state index in [4.69, 9.17) is 26.2 Å². The fraction of sp³-hybridized carbons (Fsp3) is 0.0870. The number of ether oxygens (including phenoxy) is 2. The second-order valence-corrected chi connectivity index (χ2v) is 6.80. The quantitative estimate of drug-likeness (QED) is 0.386. The third kappa shape index (κ3) is 6.87. The molecule has 31 heavy (non-hydrogen) atoms. The maximum atomic E-state index is 11.9. The van der Waals surface area contributed by atoms with Crippen LogP contribution in [-0.4, -0.2) is 29.8 Å². The Balaban J connectivity index is 1.52. The van der Waals surface area contributed by atoms with Gasteiger partial charge in [-0.3, -0.25) is 4.79 Å². The Labute approximate surface area is 183 Å². The van der Waals surface area contributed by atoms with Gasteiger partial charge in [0.1, 0.15) is 18.1 Å². The van der Waals surface area contributed by atoms with Crippen molar-refractivity contribution in [3.8, 4) is 11.5 Å². The van der Waals surface area contributed by atoms with E-state index in [1.807, 2.05) is 12.1 Å². The predicted octanol–water partition coefficient (Wildman–Crippen LogP) is 4.15. The van der Waals surface area contributed by atoms with E-state index >= 15 is 0 Å². The topological polar surface area (TPSA) is 97.2 Å². The molecule has 3 rings (SSSR count). The highest BCUT2D eigenvalue weighted by molar-refractivity contribution is 6.30. The van der Waals surface area contributed by atoms with Crippen molar-refractivity contribution in [3.05, 3.63) is 94.5 Å². The molecule has 3 aromatic rings. The zero-order chi connectivity index (χ0) is 22.1. The molecule has 158 valence electrons. The summed E-state index contributed by atoms with van der Waals surface area (Å²) in [6.45, 7) is 0.0650. The Kier molecular flexibility index (Phi) is 7.61. The maximum Gasteiger partial charge on any atom is 0.335 e. The molecule has 8 heteroatoms. The smallest absolute Gasteiger partial charge is 0.335 e. The number of rotatable bonds is 9. The standard InChI is InChI=1S/C23H19ClN2O5/c24-19-9-11-20(12-10-19)30-15-22(27)26-25-13-18-3-1-2-4-21(18)31-14-16-5-7-17(8-6-16)23(28)29/h1-13H,14-15H2,(H,26,27)(H,28,29)/b25-13-. The summed E-state index contributed by atoms with van der Waals surface area (Å²) in [4.78, 5) is 22.8. The number of hydrogen-bond donors (Lipinski definition) is 2. The number of carboxylic acids is 1. The van der Waals surface area contributed by atoms with Gasteiger partial charge in [-0.1, -0.05) is 35.9 Å². The number of nitrogens with one attached hydrogen (secondary N) is 1. The average molecular weight is 439 g/mol. The van der Waals surface area contributed by atoms with Crippen LogP contribution in [0.3, 0.4) is 0 Å². The van der Waals surface area contributed by atoms with Crippen LogP contribution in [-0.2, 0) is 11.4 Å². The molecule has 1 amide bonds. The highest BCUT2D eigenvalue weighted by Gasteiger charge is 2.05. The number of amides is 1. The number of carbonyl (C=O) groups is 2. The minimum Gasteiger partial charge on any atom is -0.488 e. The second kappa shape index (κ2) is 10.8. The molecule has 7 nitrogen and oxygen atoms in total. The largest absolute Gasteiger partial charge is 0.488 e. The first-order chi connectivity index (χ1) is 15.0. The van der Waals surface area contributed by atoms with Gasteiger partial charge in [0.15, 0.2) is 6.61 Å². The maximum absolute atomic E-state index is 11.9. The second-order valence-electron chi connectivity index (χ2n) is 6.36. The lowest BCUT2D eigenvalue weighted by molar-refractivity contribution is -0.123. The number of benzene rings is 3. The Morgan fingerprint density at radius 2 is 1.68 bits per heavy atom. The molecule has 0 heterocycles. The van der Waals surface area contributed by atoms with Gasteiger partial charge in [0.2, 0.25) is 0 Å². The third-order valence-corrected chi connectivity index (χ3v) is 4.34. The summed E-state index contributed by atoms with van der Waals surface area (Å²) in [5.41, 5.74) is 4.11. The van der Waals surface area contributed by atoms with Crippen molar-refractivity contribution in [2.24, 2.45) is 5.10 Å². The lowest BCUT2D eigenvalue weighted by Crippen LogP contribution is -2.24. The Morgan fingerprint density at radius 3 is 2.39 bits per heavy atom. The van der Waals surface area contributed by atoms with E-state index in [1.54, 1.807) is 48.5 Å². The van der Waals surface area contributed by atoms with Crippen LogP contribution in [0.5, 0.6) is 11.5 Å². The van der Waals surface area contributed by atoms with Crippen LogP contribution in [0.4, 0.5) is 0 Å². The molecule has 0 atom stereocenters. The van der Waals surface area contributed by atoms with Crippen molar-refractivity contribution >= 4 is 29.7 Å². The van der Waals surface area contributed by atoms with Gasteiger partial charge in [-0.25, -0.2) is 10.2 Å². The van der Waals surface area contributed by atoms with Gasteiger partial charge in [-0.05, 0) is 54.1 Å². The zero-order valence-electron chi connectivity index (χ0n) is 16.3. The molecule has 0 fully saturated rings. The summed E-state index contributed by atoms with van der Waals surface area (Å²) in [6.07, 6.45) is 1.48. The number of aromatic carboxylic acids is 1. The summed E-state index contributed by atoms with van der Waals surface area (Å²) < 4.78 is 11.2. The fourth-order valence-electron chi connectivity index (χ4n) is 2.51. The van der Waals surface area contributed by atoms with Crippen LogP contribution in [0.25, 0.3) is 0 Å². The number of hydrazone groups is 1. The van der Waals surface area contributed by atoms with Crippen LogP contribution >= 0.6 is 11.6 Å². The highest BCUT2D eigenvalue weighted by atomic mass is 35.5. The molecule has 0 aliphatic rings. The van der Waals surface area contributed by atoms with Gasteiger partial charge in [0.05, 0.1) is 11.8 Å². The van der Waals surface area contributed by atoms with E-state index in [2.05, 4.69) is 10.5 Å². The van der Waals surface area contributed by atoms with Gasteiger partial charge in [-0.2, -0.15) is 5.10 Å². The number of carbonyl (C=O) groups excluding carboxylic acids is 1. The van der Waals surface area contributed by atoms with Crippen LogP contribution in [0.1, 0.15) is 21.5 Å². The van der Waals surface area contributed by atoms with E-state index in [0.717, 1.165) is 5.56 Å². The van der Waals surface area contributed by atoms with Crippen LogP contribution in [0, 0.1) is 0 Å². The molecule has 0 aromatic heterocycles. The molecule has 0 radical (unpaired) electrons. The lowest BCUT2D eigenvalue weighted by atomic mass is 10.1. The lowest BCUT2D eigenvalue weighted by Gasteiger charge is -2.09. The fourth-order valence-corrected chi connectivity index (χ4v) is 2.64. The third-order valence-electron chi connectivity index (χ3n) is 4.09. The van der Waals surface area contributed by atoms with Gasteiger partial charge in [0.25, 0.3) is 5.91 Å². The number of hydrogen-bond acceptors (Lipinski definition) is 5. The molecule has 3 aromatic carbocycles. The summed E-state index contributed by atoms with van der Waals surface area (Å²) >= 11 is 5.80. The highest BCUT2D eigenvalue weighted by Crippen LogP contribution is 2.18. The van der Waals surface area contributed by atoms with Crippen LogP contribution in [0.15, 0.2) is 77.9 Å². The molecule has 0 aliphatic heterocycles. The van der Waals surface area contributed by atoms with E-state index in [0.29, 0.717) is 22.1 Å². The first kappa shape index (κ1) is 21.9. The summed E-state index contributed by atoms with van der Waals surface area (Å²) in [5, 5.41) is 13.5. The monoisotopic (exact) mass is 438 g/mol. The van der Waals surface area contributed by atoms with Gasteiger partial charge < -0.3 is 14.6 Å². The van der Waals surface area contributed by atoms with Gasteiger partial charge >= 0.3 is 5.97 Å². The summed E-state index contributed by atoms with van der Waals surface area (Å²) in [7, 11) is 0. The van der Waals surface area contributed by atoms with E-state index < -0.39 is 11.9 Å². The van der Waals surface area contributed by atoms with Crippen molar-refractivity contribution in [1.29, 1.82) is 0 Å². The van der Waals surface area contributed by atoms with Crippen molar-refractivity contribution in [1.82, 2.24) is 5.43 Å². The first-order valence-corrected chi connectivity index (χ1v) is 9.63.